The van der Waals surface area contributed by atoms with Crippen molar-refractivity contribution in [3.05, 3.63) is 69.7 Å². The molecule has 2 rings (SSSR count). The lowest BCUT2D eigenvalue weighted by Crippen LogP contribution is -2.24. The first kappa shape index (κ1) is 18.7. The minimum atomic E-state index is -0.488. The zero-order valence-electron chi connectivity index (χ0n) is 14.0. The zero-order chi connectivity index (χ0) is 18.4. The van der Waals surface area contributed by atoms with Gasteiger partial charge >= 0.3 is 0 Å². The van der Waals surface area contributed by atoms with Crippen molar-refractivity contribution in [1.82, 2.24) is 4.90 Å². The van der Waals surface area contributed by atoms with E-state index in [9.17, 15) is 9.59 Å². The van der Waals surface area contributed by atoms with Gasteiger partial charge in [0.1, 0.15) is 5.75 Å². The number of rotatable bonds is 6. The Bertz CT molecular complexity index is 818. The molecule has 0 saturated heterocycles. The molecule has 0 radical (unpaired) electrons. The molecule has 0 heterocycles. The third kappa shape index (κ3) is 5.19. The highest BCUT2D eigenvalue weighted by molar-refractivity contribution is 9.10. The van der Waals surface area contributed by atoms with Crippen LogP contribution in [0.4, 0.5) is 0 Å². The van der Waals surface area contributed by atoms with E-state index in [1.165, 1.54) is 6.08 Å². The summed E-state index contributed by atoms with van der Waals surface area (Å²) >= 11 is 3.40. The SMILES string of the molecule is COc1ccc(Br)cc1/C=C/C(=O)N(C)Cc1cccc(C(N)=O)c1. The van der Waals surface area contributed by atoms with Crippen LogP contribution in [-0.2, 0) is 11.3 Å². The van der Waals surface area contributed by atoms with E-state index in [4.69, 9.17) is 10.5 Å². The van der Waals surface area contributed by atoms with Crippen molar-refractivity contribution < 1.29 is 14.3 Å². The first-order valence-corrected chi connectivity index (χ1v) is 8.35. The summed E-state index contributed by atoms with van der Waals surface area (Å²) in [5.41, 5.74) is 7.34. The largest absolute Gasteiger partial charge is 0.496 e. The molecule has 2 aromatic carbocycles. The van der Waals surface area contributed by atoms with Gasteiger partial charge in [-0.1, -0.05) is 28.1 Å². The first-order valence-electron chi connectivity index (χ1n) is 7.56. The zero-order valence-corrected chi connectivity index (χ0v) is 15.6. The maximum absolute atomic E-state index is 12.3. The normalized spacial score (nSPS) is 10.7. The average molecular weight is 403 g/mol. The Labute approximate surface area is 155 Å². The Morgan fingerprint density at radius 3 is 2.68 bits per heavy atom. The second-order valence-electron chi connectivity index (χ2n) is 5.48. The molecule has 0 unspecified atom stereocenters. The van der Waals surface area contributed by atoms with Gasteiger partial charge in [-0.3, -0.25) is 9.59 Å². The van der Waals surface area contributed by atoms with Gasteiger partial charge in [-0.05, 0) is 42.0 Å². The van der Waals surface area contributed by atoms with Crippen molar-refractivity contribution in [3.63, 3.8) is 0 Å². The van der Waals surface area contributed by atoms with Crippen molar-refractivity contribution in [3.8, 4) is 5.75 Å². The molecule has 0 fully saturated rings. The lowest BCUT2D eigenvalue weighted by molar-refractivity contribution is -0.125. The quantitative estimate of drug-likeness (QED) is 0.753. The van der Waals surface area contributed by atoms with Gasteiger partial charge in [0.15, 0.2) is 0 Å². The Balaban J connectivity index is 2.09. The lowest BCUT2D eigenvalue weighted by atomic mass is 10.1. The standard InChI is InChI=1S/C19H19BrN2O3/c1-22(12-13-4-3-5-15(10-13)19(21)24)18(23)9-6-14-11-16(20)7-8-17(14)25-2/h3-11H,12H2,1-2H3,(H2,21,24)/b9-6+. The Morgan fingerprint density at radius 2 is 2.00 bits per heavy atom. The van der Waals surface area contributed by atoms with Gasteiger partial charge in [0.2, 0.25) is 11.8 Å². The second-order valence-corrected chi connectivity index (χ2v) is 6.39. The monoisotopic (exact) mass is 402 g/mol. The van der Waals surface area contributed by atoms with Crippen LogP contribution in [0.15, 0.2) is 53.0 Å². The highest BCUT2D eigenvalue weighted by atomic mass is 79.9. The van der Waals surface area contributed by atoms with Crippen LogP contribution in [-0.4, -0.2) is 30.9 Å². The summed E-state index contributed by atoms with van der Waals surface area (Å²) in [5.74, 6) is 0.0352. The summed E-state index contributed by atoms with van der Waals surface area (Å²) in [6.45, 7) is 0.375. The molecule has 0 aromatic heterocycles. The number of hydrogen-bond acceptors (Lipinski definition) is 3. The van der Waals surface area contributed by atoms with E-state index in [0.717, 1.165) is 15.6 Å². The van der Waals surface area contributed by atoms with Gasteiger partial charge in [-0.25, -0.2) is 0 Å². The molecule has 2 aromatic rings. The van der Waals surface area contributed by atoms with E-state index in [1.807, 2.05) is 24.3 Å². The molecule has 2 amide bonds. The van der Waals surface area contributed by atoms with Crippen LogP contribution in [0.25, 0.3) is 6.08 Å². The minimum absolute atomic E-state index is 0.161. The number of primary amides is 1. The number of likely N-dealkylation sites (N-methyl/N-ethyl adjacent to an activating group) is 1. The molecule has 0 aliphatic rings. The van der Waals surface area contributed by atoms with Gasteiger partial charge in [0, 0.05) is 35.3 Å². The van der Waals surface area contributed by atoms with Crippen LogP contribution in [0, 0.1) is 0 Å². The fourth-order valence-corrected chi connectivity index (χ4v) is 2.68. The van der Waals surface area contributed by atoms with Crippen molar-refractivity contribution in [2.24, 2.45) is 5.73 Å². The van der Waals surface area contributed by atoms with Crippen molar-refractivity contribution in [2.45, 2.75) is 6.54 Å². The van der Waals surface area contributed by atoms with E-state index >= 15 is 0 Å². The smallest absolute Gasteiger partial charge is 0.248 e. The van der Waals surface area contributed by atoms with E-state index in [-0.39, 0.29) is 5.91 Å². The highest BCUT2D eigenvalue weighted by Gasteiger charge is 2.08. The molecule has 2 N–H and O–H groups in total. The molecule has 25 heavy (non-hydrogen) atoms. The highest BCUT2D eigenvalue weighted by Crippen LogP contribution is 2.24. The Hall–Kier alpha value is -2.60. The number of benzene rings is 2. The number of nitrogens with two attached hydrogens (primary N) is 1. The molecular weight excluding hydrogens is 384 g/mol. The van der Waals surface area contributed by atoms with Gasteiger partial charge in [0.25, 0.3) is 0 Å². The van der Waals surface area contributed by atoms with Crippen molar-refractivity contribution in [1.29, 1.82) is 0 Å². The van der Waals surface area contributed by atoms with Gasteiger partial charge < -0.3 is 15.4 Å². The van der Waals surface area contributed by atoms with Crippen LogP contribution in [0.2, 0.25) is 0 Å². The average Bonchev–Trinajstić information content (AvgIpc) is 2.59. The molecule has 5 nitrogen and oxygen atoms in total. The molecular formula is C19H19BrN2O3. The van der Waals surface area contributed by atoms with Gasteiger partial charge in [0.05, 0.1) is 7.11 Å². The van der Waals surface area contributed by atoms with Crippen molar-refractivity contribution in [2.75, 3.05) is 14.2 Å². The van der Waals surface area contributed by atoms with Gasteiger partial charge in [-0.2, -0.15) is 0 Å². The summed E-state index contributed by atoms with van der Waals surface area (Å²) in [7, 11) is 3.28. The number of carbonyl (C=O) groups is 2. The summed E-state index contributed by atoms with van der Waals surface area (Å²) < 4.78 is 6.18. The third-order valence-corrected chi connectivity index (χ3v) is 4.10. The molecule has 0 spiro atoms. The fraction of sp³-hybridized carbons (Fsp3) is 0.158. The summed E-state index contributed by atoms with van der Waals surface area (Å²) in [4.78, 5) is 25.1. The molecule has 0 saturated carbocycles. The first-order chi connectivity index (χ1) is 11.9. The summed E-state index contributed by atoms with van der Waals surface area (Å²) in [6.07, 6.45) is 3.20. The van der Waals surface area contributed by atoms with Crippen LogP contribution < -0.4 is 10.5 Å². The fourth-order valence-electron chi connectivity index (χ4n) is 2.30. The van der Waals surface area contributed by atoms with E-state index in [0.29, 0.717) is 17.9 Å². The predicted molar refractivity (Wildman–Crippen MR) is 101 cm³/mol. The van der Waals surface area contributed by atoms with Crippen LogP contribution >= 0.6 is 15.9 Å². The number of ether oxygens (including phenoxy) is 1. The van der Waals surface area contributed by atoms with E-state index in [1.54, 1.807) is 43.3 Å². The predicted octanol–water partition coefficient (Wildman–Crippen LogP) is 3.23. The molecule has 0 bridgehead atoms. The van der Waals surface area contributed by atoms with Crippen molar-refractivity contribution >= 4 is 33.8 Å². The van der Waals surface area contributed by atoms with Crippen LogP contribution in [0.5, 0.6) is 5.75 Å². The lowest BCUT2D eigenvalue weighted by Gasteiger charge is -2.15. The number of methoxy groups -OCH3 is 1. The molecule has 0 aliphatic heterocycles. The molecule has 0 aliphatic carbocycles. The minimum Gasteiger partial charge on any atom is -0.496 e. The van der Waals surface area contributed by atoms with Crippen LogP contribution in [0.3, 0.4) is 0 Å². The number of amides is 2. The van der Waals surface area contributed by atoms with Gasteiger partial charge in [-0.15, -0.1) is 0 Å². The maximum atomic E-state index is 12.3. The molecule has 130 valence electrons. The Kier molecular flexibility index (Phi) is 6.36. The third-order valence-electron chi connectivity index (χ3n) is 3.60. The topological polar surface area (TPSA) is 72.6 Å². The van der Waals surface area contributed by atoms with E-state index in [2.05, 4.69) is 15.9 Å². The number of hydrogen-bond donors (Lipinski definition) is 1. The maximum Gasteiger partial charge on any atom is 0.248 e. The number of halogens is 1. The second kappa shape index (κ2) is 8.48. The molecule has 0 atom stereocenters. The Morgan fingerprint density at radius 1 is 1.24 bits per heavy atom. The summed E-state index contributed by atoms with van der Waals surface area (Å²) in [6, 6.07) is 12.5. The number of carbonyl (C=O) groups excluding carboxylic acids is 2. The molecule has 6 heteroatoms. The van der Waals surface area contributed by atoms with E-state index < -0.39 is 5.91 Å². The summed E-state index contributed by atoms with van der Waals surface area (Å²) in [5, 5.41) is 0. The number of nitrogens with zero attached hydrogens (tertiary/aromatic N) is 1. The van der Waals surface area contributed by atoms with Crippen LogP contribution in [0.1, 0.15) is 21.5 Å².